The zero-order valence-electron chi connectivity index (χ0n) is 11.7. The Morgan fingerprint density at radius 2 is 2.10 bits per heavy atom. The van der Waals surface area contributed by atoms with Gasteiger partial charge in [0.05, 0.1) is 11.6 Å². The van der Waals surface area contributed by atoms with Gasteiger partial charge >= 0.3 is 0 Å². The van der Waals surface area contributed by atoms with E-state index in [1.165, 1.54) is 6.42 Å². The van der Waals surface area contributed by atoms with Crippen LogP contribution in [-0.4, -0.2) is 17.1 Å². The number of nitriles is 1. The van der Waals surface area contributed by atoms with Crippen molar-refractivity contribution in [3.8, 4) is 11.8 Å². The molecule has 4 nitrogen and oxygen atoms in total. The van der Waals surface area contributed by atoms with Gasteiger partial charge in [0.2, 0.25) is 0 Å². The van der Waals surface area contributed by atoms with Gasteiger partial charge in [-0.05, 0) is 37.3 Å². The van der Waals surface area contributed by atoms with Crippen molar-refractivity contribution in [1.29, 1.82) is 5.26 Å². The van der Waals surface area contributed by atoms with Gasteiger partial charge in [-0.25, -0.2) is 0 Å². The number of nitrogens with zero attached hydrogens (tertiary/aromatic N) is 1. The molecular weight excluding hydrogens is 252 g/mol. The largest absolute Gasteiger partial charge is 0.507 e. The molecule has 1 aromatic rings. The molecule has 1 atom stereocenters. The van der Waals surface area contributed by atoms with Crippen LogP contribution < -0.4 is 5.32 Å². The molecule has 1 unspecified atom stereocenters. The third-order valence-electron chi connectivity index (χ3n) is 4.03. The molecule has 20 heavy (non-hydrogen) atoms. The standard InChI is InChI=1S/C16H20N2O2/c1-11-6-5-9-13(15(11)19)16(20)18-14(10-17)12-7-3-2-4-8-12/h5-6,9,12,14,19H,2-4,7-8H2,1H3,(H,18,20). The zero-order valence-corrected chi connectivity index (χ0v) is 11.7. The Morgan fingerprint density at radius 1 is 1.40 bits per heavy atom. The lowest BCUT2D eigenvalue weighted by Crippen LogP contribution is -2.40. The molecule has 1 aliphatic rings. The number of hydrogen-bond donors (Lipinski definition) is 2. The number of carbonyl (C=O) groups is 1. The molecular formula is C16H20N2O2. The molecule has 0 aliphatic heterocycles. The van der Waals surface area contributed by atoms with Crippen molar-refractivity contribution < 1.29 is 9.90 Å². The third kappa shape index (κ3) is 3.11. The smallest absolute Gasteiger partial charge is 0.256 e. The highest BCUT2D eigenvalue weighted by Crippen LogP contribution is 2.27. The Balaban J connectivity index is 2.09. The molecule has 2 rings (SSSR count). The fraction of sp³-hybridized carbons (Fsp3) is 0.500. The molecule has 1 fully saturated rings. The van der Waals surface area contributed by atoms with Crippen LogP contribution in [0.25, 0.3) is 0 Å². The molecule has 1 aromatic carbocycles. The van der Waals surface area contributed by atoms with Crippen molar-refractivity contribution in [2.75, 3.05) is 0 Å². The molecule has 1 amide bonds. The van der Waals surface area contributed by atoms with E-state index in [4.69, 9.17) is 0 Å². The summed E-state index contributed by atoms with van der Waals surface area (Å²) in [7, 11) is 0. The third-order valence-corrected chi connectivity index (χ3v) is 4.03. The number of rotatable bonds is 3. The number of para-hydroxylation sites is 1. The zero-order chi connectivity index (χ0) is 14.5. The molecule has 0 bridgehead atoms. The van der Waals surface area contributed by atoms with Crippen LogP contribution in [0.1, 0.15) is 48.0 Å². The summed E-state index contributed by atoms with van der Waals surface area (Å²) >= 11 is 0. The number of aryl methyl sites for hydroxylation is 1. The molecule has 0 aromatic heterocycles. The summed E-state index contributed by atoms with van der Waals surface area (Å²) in [5, 5.41) is 22.0. The molecule has 1 saturated carbocycles. The van der Waals surface area contributed by atoms with Gasteiger partial charge in [0.1, 0.15) is 11.8 Å². The fourth-order valence-electron chi connectivity index (χ4n) is 2.78. The van der Waals surface area contributed by atoms with Gasteiger partial charge in [0.15, 0.2) is 0 Å². The molecule has 0 saturated heterocycles. The van der Waals surface area contributed by atoms with Crippen LogP contribution in [-0.2, 0) is 0 Å². The highest BCUT2D eigenvalue weighted by molar-refractivity contribution is 5.97. The summed E-state index contributed by atoms with van der Waals surface area (Å²) in [5.74, 6) is -0.154. The molecule has 0 radical (unpaired) electrons. The predicted octanol–water partition coefficient (Wildman–Crippen LogP) is 2.90. The van der Waals surface area contributed by atoms with Crippen molar-refractivity contribution in [2.24, 2.45) is 5.92 Å². The Labute approximate surface area is 119 Å². The van der Waals surface area contributed by atoms with Gasteiger partial charge in [-0.1, -0.05) is 31.4 Å². The topological polar surface area (TPSA) is 73.1 Å². The van der Waals surface area contributed by atoms with E-state index in [1.54, 1.807) is 25.1 Å². The number of aromatic hydroxyl groups is 1. The lowest BCUT2D eigenvalue weighted by molar-refractivity contribution is 0.0926. The first-order chi connectivity index (χ1) is 9.63. The maximum Gasteiger partial charge on any atom is 0.256 e. The monoisotopic (exact) mass is 272 g/mol. The SMILES string of the molecule is Cc1cccc(C(=O)NC(C#N)C2CCCCC2)c1O. The molecule has 4 heteroatoms. The van der Waals surface area contributed by atoms with Crippen molar-refractivity contribution >= 4 is 5.91 Å². The number of carbonyl (C=O) groups excluding carboxylic acids is 1. The average Bonchev–Trinajstić information content (AvgIpc) is 2.48. The normalized spacial score (nSPS) is 17.2. The van der Waals surface area contributed by atoms with Gasteiger partial charge in [-0.15, -0.1) is 0 Å². The Hall–Kier alpha value is -2.02. The van der Waals surface area contributed by atoms with Gasteiger partial charge < -0.3 is 10.4 Å². The van der Waals surface area contributed by atoms with Crippen LogP contribution in [0.3, 0.4) is 0 Å². The summed E-state index contributed by atoms with van der Waals surface area (Å²) < 4.78 is 0. The number of amides is 1. The second kappa shape index (κ2) is 6.42. The molecule has 0 spiro atoms. The predicted molar refractivity (Wildman–Crippen MR) is 76.3 cm³/mol. The van der Waals surface area contributed by atoms with Crippen molar-refractivity contribution in [3.05, 3.63) is 29.3 Å². The lowest BCUT2D eigenvalue weighted by Gasteiger charge is -2.26. The lowest BCUT2D eigenvalue weighted by atomic mass is 9.84. The van der Waals surface area contributed by atoms with Gasteiger partial charge in [0.25, 0.3) is 5.91 Å². The maximum absolute atomic E-state index is 12.2. The highest BCUT2D eigenvalue weighted by Gasteiger charge is 2.26. The van der Waals surface area contributed by atoms with E-state index in [-0.39, 0.29) is 23.1 Å². The first-order valence-electron chi connectivity index (χ1n) is 7.12. The van der Waals surface area contributed by atoms with E-state index < -0.39 is 6.04 Å². The first-order valence-corrected chi connectivity index (χ1v) is 7.12. The molecule has 106 valence electrons. The Morgan fingerprint density at radius 3 is 2.75 bits per heavy atom. The van der Waals surface area contributed by atoms with Crippen LogP contribution in [0.15, 0.2) is 18.2 Å². The number of nitrogens with one attached hydrogen (secondary N) is 1. The minimum absolute atomic E-state index is 0.00895. The van der Waals surface area contributed by atoms with E-state index in [2.05, 4.69) is 11.4 Å². The van der Waals surface area contributed by atoms with E-state index in [0.717, 1.165) is 25.7 Å². The number of hydrogen-bond acceptors (Lipinski definition) is 3. The van der Waals surface area contributed by atoms with Crippen LogP contribution in [0.2, 0.25) is 0 Å². The van der Waals surface area contributed by atoms with E-state index in [9.17, 15) is 15.2 Å². The average molecular weight is 272 g/mol. The van der Waals surface area contributed by atoms with Crippen molar-refractivity contribution in [3.63, 3.8) is 0 Å². The number of phenols is 1. The van der Waals surface area contributed by atoms with Crippen LogP contribution in [0, 0.1) is 24.2 Å². The van der Waals surface area contributed by atoms with Crippen LogP contribution >= 0.6 is 0 Å². The fourth-order valence-corrected chi connectivity index (χ4v) is 2.78. The van der Waals surface area contributed by atoms with Crippen molar-refractivity contribution in [2.45, 2.75) is 45.1 Å². The second-order valence-corrected chi connectivity index (χ2v) is 5.45. The molecule has 1 aliphatic carbocycles. The second-order valence-electron chi connectivity index (χ2n) is 5.45. The number of phenolic OH excluding ortho intramolecular Hbond substituents is 1. The quantitative estimate of drug-likeness (QED) is 0.888. The molecule has 2 N–H and O–H groups in total. The van der Waals surface area contributed by atoms with Gasteiger partial charge in [-0.2, -0.15) is 5.26 Å². The summed E-state index contributed by atoms with van der Waals surface area (Å²) in [6.45, 7) is 1.75. The first kappa shape index (κ1) is 14.4. The van der Waals surface area contributed by atoms with E-state index >= 15 is 0 Å². The van der Waals surface area contributed by atoms with Crippen LogP contribution in [0.4, 0.5) is 0 Å². The van der Waals surface area contributed by atoms with Crippen molar-refractivity contribution in [1.82, 2.24) is 5.32 Å². The Kier molecular flexibility index (Phi) is 4.62. The summed E-state index contributed by atoms with van der Waals surface area (Å²) in [6.07, 6.45) is 5.42. The Bertz CT molecular complexity index is 528. The number of benzene rings is 1. The minimum Gasteiger partial charge on any atom is -0.507 e. The minimum atomic E-state index is -0.470. The summed E-state index contributed by atoms with van der Waals surface area (Å²) in [6, 6.07) is 6.77. The van der Waals surface area contributed by atoms with Gasteiger partial charge in [-0.3, -0.25) is 4.79 Å². The summed E-state index contributed by atoms with van der Waals surface area (Å²) in [5.41, 5.74) is 0.893. The highest BCUT2D eigenvalue weighted by atomic mass is 16.3. The molecule has 0 heterocycles. The van der Waals surface area contributed by atoms with Crippen LogP contribution in [0.5, 0.6) is 5.75 Å². The summed E-state index contributed by atoms with van der Waals surface area (Å²) in [4.78, 5) is 12.2. The van der Waals surface area contributed by atoms with E-state index in [1.807, 2.05) is 0 Å². The van der Waals surface area contributed by atoms with Gasteiger partial charge in [0, 0.05) is 0 Å². The maximum atomic E-state index is 12.2. The van der Waals surface area contributed by atoms with E-state index in [0.29, 0.717) is 5.56 Å².